The number of aliphatic hydroxyl groups excluding tert-OH is 1. The van der Waals surface area contributed by atoms with E-state index in [4.69, 9.17) is 16.4 Å². The van der Waals surface area contributed by atoms with Crippen LogP contribution in [0.1, 0.15) is 30.5 Å². The third-order valence-electron chi connectivity index (χ3n) is 4.89. The van der Waals surface area contributed by atoms with Crippen molar-refractivity contribution >= 4 is 28.9 Å². The number of anilines is 3. The second-order valence-corrected chi connectivity index (χ2v) is 7.02. The summed E-state index contributed by atoms with van der Waals surface area (Å²) in [6, 6.07) is 17.6. The summed E-state index contributed by atoms with van der Waals surface area (Å²) in [6.45, 7) is 7.91. The lowest BCUT2D eigenvalue weighted by molar-refractivity contribution is -0.114. The van der Waals surface area contributed by atoms with Gasteiger partial charge in [-0.1, -0.05) is 62.9 Å². The van der Waals surface area contributed by atoms with Gasteiger partial charge in [-0.05, 0) is 17.7 Å². The minimum absolute atomic E-state index is 0.0914. The SMILES string of the molecule is C=C(C#N)C(=O)N(CCNc1ncnc(N)c1C(=N)c1ccc(CO)cc1)c1ccccc1.CC. The van der Waals surface area contributed by atoms with Crippen LogP contribution in [-0.2, 0) is 11.4 Å². The summed E-state index contributed by atoms with van der Waals surface area (Å²) >= 11 is 0. The molecule has 35 heavy (non-hydrogen) atoms. The van der Waals surface area contributed by atoms with Gasteiger partial charge in [0.25, 0.3) is 5.91 Å². The quantitative estimate of drug-likeness (QED) is 0.212. The van der Waals surface area contributed by atoms with E-state index in [0.717, 1.165) is 5.56 Å². The highest BCUT2D eigenvalue weighted by atomic mass is 16.3. The molecule has 5 N–H and O–H groups in total. The number of nitrogen functional groups attached to an aromatic ring is 1. The van der Waals surface area contributed by atoms with Gasteiger partial charge in [0.05, 0.1) is 17.9 Å². The molecule has 9 nitrogen and oxygen atoms in total. The summed E-state index contributed by atoms with van der Waals surface area (Å²) < 4.78 is 0. The number of amides is 1. The fourth-order valence-corrected chi connectivity index (χ4v) is 3.15. The van der Waals surface area contributed by atoms with Gasteiger partial charge in [-0.25, -0.2) is 9.97 Å². The topological polar surface area (TPSA) is 152 Å². The summed E-state index contributed by atoms with van der Waals surface area (Å²) in [5.74, 6) is -0.0134. The van der Waals surface area contributed by atoms with Crippen molar-refractivity contribution in [3.8, 4) is 6.07 Å². The Balaban J connectivity index is 0.00000210. The molecule has 0 bridgehead atoms. The Kier molecular flexibility index (Phi) is 10.1. The molecule has 3 aromatic rings. The number of benzene rings is 2. The molecule has 0 aliphatic heterocycles. The van der Waals surface area contributed by atoms with Gasteiger partial charge in [0.2, 0.25) is 0 Å². The number of para-hydroxylation sites is 1. The van der Waals surface area contributed by atoms with Gasteiger partial charge in [0.15, 0.2) is 0 Å². The molecule has 0 radical (unpaired) electrons. The van der Waals surface area contributed by atoms with E-state index in [-0.39, 0.29) is 36.8 Å². The third-order valence-corrected chi connectivity index (χ3v) is 4.89. The van der Waals surface area contributed by atoms with Crippen LogP contribution in [0.2, 0.25) is 0 Å². The van der Waals surface area contributed by atoms with E-state index in [0.29, 0.717) is 22.6 Å². The molecular formula is C26H29N7O2. The Bertz CT molecular complexity index is 1200. The second-order valence-electron chi connectivity index (χ2n) is 7.02. The fourth-order valence-electron chi connectivity index (χ4n) is 3.15. The van der Waals surface area contributed by atoms with E-state index in [9.17, 15) is 9.90 Å². The summed E-state index contributed by atoms with van der Waals surface area (Å²) in [4.78, 5) is 22.3. The van der Waals surface area contributed by atoms with Crippen molar-refractivity contribution in [1.29, 1.82) is 10.7 Å². The summed E-state index contributed by atoms with van der Waals surface area (Å²) in [7, 11) is 0. The maximum Gasteiger partial charge on any atom is 0.268 e. The average molecular weight is 472 g/mol. The van der Waals surface area contributed by atoms with E-state index in [1.165, 1.54) is 11.2 Å². The molecule has 0 saturated carbocycles. The van der Waals surface area contributed by atoms with Crippen molar-refractivity contribution in [2.75, 3.05) is 29.0 Å². The normalized spacial score (nSPS) is 9.77. The molecule has 1 amide bonds. The zero-order chi connectivity index (χ0) is 25.8. The molecule has 9 heteroatoms. The fraction of sp³-hybridized carbons (Fsp3) is 0.192. The first-order valence-corrected chi connectivity index (χ1v) is 11.1. The highest BCUT2D eigenvalue weighted by molar-refractivity contribution is 6.16. The van der Waals surface area contributed by atoms with Crippen LogP contribution in [-0.4, -0.2) is 39.8 Å². The van der Waals surface area contributed by atoms with Crippen molar-refractivity contribution in [2.45, 2.75) is 20.5 Å². The molecule has 2 aromatic carbocycles. The number of hydrogen-bond acceptors (Lipinski definition) is 8. The van der Waals surface area contributed by atoms with Crippen LogP contribution in [0.5, 0.6) is 0 Å². The maximum absolute atomic E-state index is 12.7. The molecule has 180 valence electrons. The first kappa shape index (κ1) is 26.7. The Hall–Kier alpha value is -4.55. The molecule has 0 aliphatic carbocycles. The number of nitrogens with two attached hydrogens (primary N) is 1. The van der Waals surface area contributed by atoms with Gasteiger partial charge in [-0.3, -0.25) is 10.2 Å². The van der Waals surface area contributed by atoms with Crippen molar-refractivity contribution < 1.29 is 9.90 Å². The predicted octanol–water partition coefficient (Wildman–Crippen LogP) is 3.52. The molecule has 0 spiro atoms. The van der Waals surface area contributed by atoms with E-state index < -0.39 is 5.91 Å². The number of nitrogens with one attached hydrogen (secondary N) is 2. The second kappa shape index (κ2) is 13.2. The number of carbonyl (C=O) groups is 1. The highest BCUT2D eigenvalue weighted by Crippen LogP contribution is 2.22. The first-order chi connectivity index (χ1) is 17.0. The molecular weight excluding hydrogens is 442 g/mol. The third kappa shape index (κ3) is 6.72. The standard InChI is InChI=1S/C24H23N7O2.C2H6/c1-16(13-25)24(33)31(19-5-3-2-4-6-19)12-11-28-23-20(22(27)29-15-30-23)21(26)18-9-7-17(14-32)8-10-18;1-2/h2-10,15,26,32H,1,11-12,14H2,(H3,27,28,29,30);1-2H3. The molecule has 0 fully saturated rings. The number of carbonyl (C=O) groups excluding carboxylic acids is 1. The number of nitriles is 1. The summed E-state index contributed by atoms with van der Waals surface area (Å²) in [5, 5.41) is 30.1. The monoisotopic (exact) mass is 471 g/mol. The van der Waals surface area contributed by atoms with Crippen LogP contribution in [0.25, 0.3) is 0 Å². The summed E-state index contributed by atoms with van der Waals surface area (Å²) in [5.41, 5.74) is 8.28. The first-order valence-electron chi connectivity index (χ1n) is 11.1. The molecule has 3 rings (SSSR count). The van der Waals surface area contributed by atoms with Gasteiger partial charge < -0.3 is 21.1 Å². The highest BCUT2D eigenvalue weighted by Gasteiger charge is 2.20. The number of rotatable bonds is 9. The Morgan fingerprint density at radius 3 is 2.43 bits per heavy atom. The minimum Gasteiger partial charge on any atom is -0.392 e. The molecule has 0 saturated heterocycles. The largest absolute Gasteiger partial charge is 0.392 e. The predicted molar refractivity (Wildman–Crippen MR) is 138 cm³/mol. The molecule has 1 aromatic heterocycles. The lowest BCUT2D eigenvalue weighted by Crippen LogP contribution is -2.36. The van der Waals surface area contributed by atoms with Crippen LogP contribution >= 0.6 is 0 Å². The minimum atomic E-state index is -0.496. The van der Waals surface area contributed by atoms with Crippen LogP contribution in [0.4, 0.5) is 17.3 Å². The molecule has 1 heterocycles. The Labute approximate surface area is 205 Å². The zero-order valence-corrected chi connectivity index (χ0v) is 19.8. The molecule has 0 atom stereocenters. The van der Waals surface area contributed by atoms with E-state index in [1.54, 1.807) is 54.6 Å². The number of nitrogens with zero attached hydrogens (tertiary/aromatic N) is 4. The summed E-state index contributed by atoms with van der Waals surface area (Å²) in [6.07, 6.45) is 1.29. The van der Waals surface area contributed by atoms with Gasteiger partial charge >= 0.3 is 0 Å². The van der Waals surface area contributed by atoms with Crippen molar-refractivity contribution in [3.63, 3.8) is 0 Å². The maximum atomic E-state index is 12.7. The van der Waals surface area contributed by atoms with Crippen molar-refractivity contribution in [2.24, 2.45) is 0 Å². The van der Waals surface area contributed by atoms with E-state index in [1.807, 2.05) is 19.9 Å². The number of hydrogen-bond donors (Lipinski definition) is 4. The Morgan fingerprint density at radius 2 is 1.83 bits per heavy atom. The van der Waals surface area contributed by atoms with Gasteiger partial charge in [0, 0.05) is 24.3 Å². The average Bonchev–Trinajstić information content (AvgIpc) is 2.91. The zero-order valence-electron chi connectivity index (χ0n) is 19.8. The number of aromatic nitrogens is 2. The molecule has 0 aliphatic rings. The van der Waals surface area contributed by atoms with Crippen LogP contribution < -0.4 is 16.0 Å². The number of aliphatic hydroxyl groups is 1. The van der Waals surface area contributed by atoms with Crippen LogP contribution in [0.3, 0.4) is 0 Å². The van der Waals surface area contributed by atoms with E-state index in [2.05, 4.69) is 21.9 Å². The van der Waals surface area contributed by atoms with Crippen molar-refractivity contribution in [1.82, 2.24) is 9.97 Å². The van der Waals surface area contributed by atoms with Crippen molar-refractivity contribution in [3.05, 3.63) is 89.8 Å². The van der Waals surface area contributed by atoms with E-state index >= 15 is 0 Å². The lowest BCUT2D eigenvalue weighted by atomic mass is 10.0. The van der Waals surface area contributed by atoms with Gasteiger partial charge in [-0.15, -0.1) is 0 Å². The van der Waals surface area contributed by atoms with Gasteiger partial charge in [-0.2, -0.15) is 5.26 Å². The van der Waals surface area contributed by atoms with Crippen LogP contribution in [0.15, 0.2) is 73.1 Å². The van der Waals surface area contributed by atoms with Gasteiger partial charge in [0.1, 0.15) is 29.6 Å². The smallest absolute Gasteiger partial charge is 0.268 e. The molecule has 0 unspecified atom stereocenters. The Morgan fingerprint density at radius 1 is 1.17 bits per heavy atom. The van der Waals surface area contributed by atoms with Crippen LogP contribution in [0, 0.1) is 16.7 Å². The lowest BCUT2D eigenvalue weighted by Gasteiger charge is -2.23.